The fraction of sp³-hybridized carbons (Fsp3) is 0.500. The second-order valence-electron chi connectivity index (χ2n) is 8.26. The molecule has 1 aliphatic carbocycles. The highest BCUT2D eigenvalue weighted by molar-refractivity contribution is 8.00. The van der Waals surface area contributed by atoms with Crippen LogP contribution in [-0.4, -0.2) is 45.5 Å². The van der Waals surface area contributed by atoms with E-state index in [0.29, 0.717) is 5.75 Å². The van der Waals surface area contributed by atoms with Crippen LogP contribution >= 0.6 is 19.5 Å². The van der Waals surface area contributed by atoms with Crippen LogP contribution in [-0.2, 0) is 23.4 Å². The Hall–Kier alpha value is -2.24. The molecule has 0 amide bonds. The van der Waals surface area contributed by atoms with Crippen LogP contribution in [0.15, 0.2) is 41.3 Å². The van der Waals surface area contributed by atoms with Crippen LogP contribution in [0.4, 0.5) is 4.39 Å². The van der Waals surface area contributed by atoms with Gasteiger partial charge in [-0.05, 0) is 45.2 Å². The molecule has 1 aromatic heterocycles. The first-order valence-electron chi connectivity index (χ1n) is 11.2. The van der Waals surface area contributed by atoms with E-state index in [4.69, 9.17) is 18.5 Å². The molecule has 1 aliphatic heterocycles. The van der Waals surface area contributed by atoms with Gasteiger partial charge in [0.25, 0.3) is 0 Å². The number of nitrogens with one attached hydrogen (secondary N) is 1. The molecule has 10 nitrogen and oxygen atoms in total. The largest absolute Gasteiger partial charge is 0.461 e. The van der Waals surface area contributed by atoms with Gasteiger partial charge in [0, 0.05) is 11.9 Å². The number of nitrogens with zero attached hydrogens (tertiary/aromatic N) is 2. The molecular weight excluding hydrogens is 500 g/mol. The van der Waals surface area contributed by atoms with Gasteiger partial charge in [0.05, 0.1) is 12.3 Å². The summed E-state index contributed by atoms with van der Waals surface area (Å²) in [6.07, 6.45) is 2.81. The van der Waals surface area contributed by atoms with Gasteiger partial charge in [-0.25, -0.2) is 13.8 Å². The molecule has 2 fully saturated rings. The van der Waals surface area contributed by atoms with Gasteiger partial charge in [-0.2, -0.15) is 10.1 Å². The number of rotatable bonds is 10. The number of carbonyl (C=O) groups excluding carboxylic acids is 1. The molecule has 2 heterocycles. The van der Waals surface area contributed by atoms with Crippen molar-refractivity contribution in [3.8, 4) is 5.75 Å². The minimum absolute atomic E-state index is 0.00631. The van der Waals surface area contributed by atoms with Gasteiger partial charge >= 0.3 is 19.4 Å². The van der Waals surface area contributed by atoms with E-state index >= 15 is 0 Å². The zero-order valence-electron chi connectivity index (χ0n) is 19.3. The summed E-state index contributed by atoms with van der Waals surface area (Å²) in [4.78, 5) is 28.2. The summed E-state index contributed by atoms with van der Waals surface area (Å²) in [7, 11) is -4.04. The Morgan fingerprint density at radius 2 is 2.11 bits per heavy atom. The monoisotopic (exact) mass is 527 g/mol. The molecule has 4 atom stereocenters. The molecule has 2 aromatic rings. The fourth-order valence-corrected chi connectivity index (χ4v) is 5.90. The minimum Gasteiger partial charge on any atom is -0.461 e. The number of para-hydroxylation sites is 1. The molecule has 0 radical (unpaired) electrons. The van der Waals surface area contributed by atoms with E-state index in [2.05, 4.69) is 10.1 Å². The first-order valence-corrected chi connectivity index (χ1v) is 13.8. The number of benzene rings is 1. The van der Waals surface area contributed by atoms with Gasteiger partial charge in [0.15, 0.2) is 5.82 Å². The maximum atomic E-state index is 13.9. The first kappa shape index (κ1) is 25.8. The smallest absolute Gasteiger partial charge is 0.459 e. The van der Waals surface area contributed by atoms with Crippen molar-refractivity contribution in [1.82, 2.24) is 14.6 Å². The molecular formula is C22H27FN3O7PS. The Labute approximate surface area is 206 Å². The van der Waals surface area contributed by atoms with Gasteiger partial charge in [-0.1, -0.05) is 18.2 Å². The van der Waals surface area contributed by atoms with Gasteiger partial charge < -0.3 is 14.0 Å². The van der Waals surface area contributed by atoms with Crippen molar-refractivity contribution in [3.05, 3.63) is 58.5 Å². The van der Waals surface area contributed by atoms with E-state index < -0.39 is 42.9 Å². The van der Waals surface area contributed by atoms with Crippen LogP contribution in [0.3, 0.4) is 0 Å². The average Bonchev–Trinajstić information content (AvgIpc) is 3.26. The number of aromatic nitrogens is 2. The third-order valence-corrected chi connectivity index (χ3v) is 8.26. The second kappa shape index (κ2) is 11.2. The van der Waals surface area contributed by atoms with E-state index in [-0.39, 0.29) is 24.2 Å². The van der Waals surface area contributed by atoms with Crippen LogP contribution in [0.1, 0.15) is 38.1 Å². The number of ether oxygens (including phenoxy) is 2. The molecule has 1 aromatic carbocycles. The van der Waals surface area contributed by atoms with Crippen LogP contribution in [0.2, 0.25) is 0 Å². The van der Waals surface area contributed by atoms with Crippen LogP contribution in [0.25, 0.3) is 0 Å². The SMILES string of the molecule is Cc1nc(=O)n([C@@H]2CS[C@H](CO[P@@](=O)(N[C@@H](C)C(=O)OC3CCC3)Oc3ccccc3)O2)cc1F. The predicted molar refractivity (Wildman–Crippen MR) is 127 cm³/mol. The highest BCUT2D eigenvalue weighted by Crippen LogP contribution is 2.46. The molecule has 0 bridgehead atoms. The highest BCUT2D eigenvalue weighted by Gasteiger charge is 2.36. The molecule has 1 N–H and O–H groups in total. The lowest BCUT2D eigenvalue weighted by Gasteiger charge is -2.28. The lowest BCUT2D eigenvalue weighted by Crippen LogP contribution is -2.38. The van der Waals surface area contributed by atoms with Crippen molar-refractivity contribution in [2.45, 2.75) is 56.9 Å². The Balaban J connectivity index is 1.40. The van der Waals surface area contributed by atoms with Gasteiger partial charge in [0.1, 0.15) is 29.6 Å². The molecule has 2 aliphatic rings. The number of esters is 1. The molecule has 13 heteroatoms. The molecule has 4 rings (SSSR count). The number of halogens is 1. The Kier molecular flexibility index (Phi) is 8.28. The van der Waals surface area contributed by atoms with Gasteiger partial charge in [-0.3, -0.25) is 13.9 Å². The van der Waals surface area contributed by atoms with E-state index in [0.717, 1.165) is 30.0 Å². The molecule has 190 valence electrons. The zero-order valence-corrected chi connectivity index (χ0v) is 21.0. The standard InChI is InChI=1S/C22H27FN3O7PS/c1-14-18(23)11-26(22(28)24-14)19-13-35-20(32-19)12-30-34(29,33-17-7-4-3-5-8-17)25-15(2)21(27)31-16-9-6-10-16/h3-5,7-8,11,15-16,19-20H,6,9-10,12-13H2,1-2H3,(H,25,29)/t15-,19-,20+,34-/m0/s1. The molecule has 1 saturated carbocycles. The quantitative estimate of drug-likeness (QED) is 0.363. The molecule has 0 spiro atoms. The third kappa shape index (κ3) is 6.71. The number of hydrogen-bond acceptors (Lipinski definition) is 9. The Morgan fingerprint density at radius 3 is 2.80 bits per heavy atom. The topological polar surface area (TPSA) is 118 Å². The van der Waals surface area contributed by atoms with E-state index in [1.54, 1.807) is 30.3 Å². The van der Waals surface area contributed by atoms with Crippen LogP contribution in [0, 0.1) is 12.7 Å². The van der Waals surface area contributed by atoms with Crippen molar-refractivity contribution >= 4 is 25.5 Å². The zero-order chi connectivity index (χ0) is 25.0. The van der Waals surface area contributed by atoms with Crippen molar-refractivity contribution in [2.24, 2.45) is 0 Å². The molecule has 1 saturated heterocycles. The summed E-state index contributed by atoms with van der Waals surface area (Å²) in [6, 6.07) is 7.46. The summed E-state index contributed by atoms with van der Waals surface area (Å²) in [5.74, 6) is -0.548. The summed E-state index contributed by atoms with van der Waals surface area (Å²) in [5.41, 5.74) is -1.25. The fourth-order valence-electron chi connectivity index (χ4n) is 3.32. The maximum Gasteiger partial charge on any atom is 0.459 e. The third-order valence-electron chi connectivity index (χ3n) is 5.52. The highest BCUT2D eigenvalue weighted by atomic mass is 32.2. The maximum absolute atomic E-state index is 13.9. The summed E-state index contributed by atoms with van der Waals surface area (Å²) >= 11 is 1.30. The lowest BCUT2D eigenvalue weighted by molar-refractivity contribution is -0.154. The predicted octanol–water partition coefficient (Wildman–Crippen LogP) is 3.56. The van der Waals surface area contributed by atoms with E-state index in [1.807, 2.05) is 0 Å². The summed E-state index contributed by atoms with van der Waals surface area (Å²) in [5, 5.41) is 2.64. The lowest BCUT2D eigenvalue weighted by atomic mass is 9.96. The number of aryl methyl sites for hydroxylation is 1. The van der Waals surface area contributed by atoms with Crippen molar-refractivity contribution in [1.29, 1.82) is 0 Å². The van der Waals surface area contributed by atoms with Crippen molar-refractivity contribution in [2.75, 3.05) is 12.4 Å². The molecule has 35 heavy (non-hydrogen) atoms. The number of carbonyl (C=O) groups is 1. The minimum atomic E-state index is -4.04. The van der Waals surface area contributed by atoms with Crippen molar-refractivity contribution in [3.63, 3.8) is 0 Å². The summed E-state index contributed by atoms with van der Waals surface area (Å²) in [6.45, 7) is 2.75. The van der Waals surface area contributed by atoms with E-state index in [9.17, 15) is 18.5 Å². The Morgan fingerprint density at radius 1 is 1.37 bits per heavy atom. The first-order chi connectivity index (χ1) is 16.7. The Bertz CT molecular complexity index is 1150. The molecule has 0 unspecified atom stereocenters. The van der Waals surface area contributed by atoms with Crippen LogP contribution < -0.4 is 15.3 Å². The van der Waals surface area contributed by atoms with Gasteiger partial charge in [-0.15, -0.1) is 11.8 Å². The normalized spacial score (nSPS) is 22.7. The van der Waals surface area contributed by atoms with Gasteiger partial charge in [0.2, 0.25) is 0 Å². The number of hydrogen-bond donors (Lipinski definition) is 1. The summed E-state index contributed by atoms with van der Waals surface area (Å²) < 4.78 is 51.0. The average molecular weight is 528 g/mol. The van der Waals surface area contributed by atoms with Crippen LogP contribution in [0.5, 0.6) is 5.75 Å². The van der Waals surface area contributed by atoms with E-state index in [1.165, 1.54) is 25.6 Å². The second-order valence-corrected chi connectivity index (χ2v) is 11.1. The number of thioether (sulfide) groups is 1. The van der Waals surface area contributed by atoms with Crippen molar-refractivity contribution < 1.29 is 32.3 Å².